The molecule has 2 fully saturated rings. The van der Waals surface area contributed by atoms with Gasteiger partial charge in [-0.05, 0) is 19.3 Å². The second-order valence-electron chi connectivity index (χ2n) is 5.71. The van der Waals surface area contributed by atoms with Crippen LogP contribution in [0.2, 0.25) is 0 Å². The fraction of sp³-hybridized carbons (Fsp3) is 0.733. The number of unbranched alkanes of at least 4 members (excludes halogenated alkanes) is 2. The smallest absolute Gasteiger partial charge is 0.229 e. The molecule has 0 unspecified atom stereocenters. The molecule has 2 rings (SSSR count). The van der Waals surface area contributed by atoms with E-state index in [0.29, 0.717) is 38.8 Å². The first-order chi connectivity index (χ1) is 10.1. The van der Waals surface area contributed by atoms with E-state index in [-0.39, 0.29) is 30.0 Å². The molecule has 2 aliphatic heterocycles. The van der Waals surface area contributed by atoms with E-state index in [1.165, 1.54) is 4.90 Å². The van der Waals surface area contributed by atoms with Gasteiger partial charge in [-0.25, -0.2) is 0 Å². The predicted octanol–water partition coefficient (Wildman–Crippen LogP) is 0.887. The third-order valence-corrected chi connectivity index (χ3v) is 4.03. The molecular formula is C15H22N2O4. The van der Waals surface area contributed by atoms with Crippen LogP contribution in [0.15, 0.2) is 0 Å². The van der Waals surface area contributed by atoms with Gasteiger partial charge in [0.25, 0.3) is 0 Å². The molecule has 116 valence electrons. The molecule has 6 heteroatoms. The van der Waals surface area contributed by atoms with Crippen molar-refractivity contribution in [3.05, 3.63) is 0 Å². The molecule has 0 aliphatic carbocycles. The minimum absolute atomic E-state index is 0.0782. The average molecular weight is 294 g/mol. The van der Waals surface area contributed by atoms with Crippen molar-refractivity contribution >= 4 is 23.5 Å². The van der Waals surface area contributed by atoms with Gasteiger partial charge in [0, 0.05) is 38.8 Å². The summed E-state index contributed by atoms with van der Waals surface area (Å²) in [6.07, 6.45) is 4.85. The molecule has 2 aliphatic rings. The average Bonchev–Trinajstić information content (AvgIpc) is 2.98. The number of carbonyl (C=O) groups is 4. The van der Waals surface area contributed by atoms with Crippen LogP contribution in [0.3, 0.4) is 0 Å². The predicted molar refractivity (Wildman–Crippen MR) is 75.2 cm³/mol. The Morgan fingerprint density at radius 2 is 1.62 bits per heavy atom. The number of ketones is 1. The molecule has 3 amide bonds. The van der Waals surface area contributed by atoms with E-state index in [1.54, 1.807) is 4.90 Å². The summed E-state index contributed by atoms with van der Waals surface area (Å²) in [7, 11) is 0. The highest BCUT2D eigenvalue weighted by molar-refractivity contribution is 6.01. The van der Waals surface area contributed by atoms with Crippen LogP contribution in [0.4, 0.5) is 0 Å². The summed E-state index contributed by atoms with van der Waals surface area (Å²) in [5.74, 6) is 0.0141. The van der Waals surface area contributed by atoms with Gasteiger partial charge >= 0.3 is 0 Å². The van der Waals surface area contributed by atoms with Crippen LogP contribution in [0.5, 0.6) is 0 Å². The molecule has 6 nitrogen and oxygen atoms in total. The Morgan fingerprint density at radius 3 is 2.24 bits per heavy atom. The Kier molecular flexibility index (Phi) is 5.47. The molecule has 0 spiro atoms. The Balaban J connectivity index is 1.55. The molecule has 0 aromatic rings. The summed E-state index contributed by atoms with van der Waals surface area (Å²) >= 11 is 0. The van der Waals surface area contributed by atoms with Gasteiger partial charge in [-0.2, -0.15) is 0 Å². The summed E-state index contributed by atoms with van der Waals surface area (Å²) in [6.45, 7) is 1.40. The lowest BCUT2D eigenvalue weighted by molar-refractivity contribution is -0.138. The summed E-state index contributed by atoms with van der Waals surface area (Å²) in [5.41, 5.74) is 0. The highest BCUT2D eigenvalue weighted by atomic mass is 16.2. The van der Waals surface area contributed by atoms with Crippen LogP contribution in [0.1, 0.15) is 51.4 Å². The molecule has 0 aromatic carbocycles. The molecule has 0 aromatic heterocycles. The monoisotopic (exact) mass is 294 g/mol. The van der Waals surface area contributed by atoms with Crippen LogP contribution in [-0.4, -0.2) is 52.9 Å². The number of likely N-dealkylation sites (tertiary alicyclic amines) is 2. The third-order valence-electron chi connectivity index (χ3n) is 4.03. The van der Waals surface area contributed by atoms with Crippen molar-refractivity contribution in [1.29, 1.82) is 0 Å². The number of carbonyl (C=O) groups excluding carboxylic acids is 4. The van der Waals surface area contributed by atoms with Crippen molar-refractivity contribution in [2.24, 2.45) is 0 Å². The maximum Gasteiger partial charge on any atom is 0.229 e. The normalized spacial score (nSPS) is 19.0. The van der Waals surface area contributed by atoms with Crippen molar-refractivity contribution < 1.29 is 19.2 Å². The van der Waals surface area contributed by atoms with Crippen molar-refractivity contribution in [2.45, 2.75) is 51.4 Å². The number of hydrogen-bond donors (Lipinski definition) is 0. The van der Waals surface area contributed by atoms with E-state index >= 15 is 0 Å². The van der Waals surface area contributed by atoms with Gasteiger partial charge in [-0.3, -0.25) is 24.1 Å². The highest BCUT2D eigenvalue weighted by Crippen LogP contribution is 2.14. The van der Waals surface area contributed by atoms with Gasteiger partial charge in [0.2, 0.25) is 17.7 Å². The molecule has 2 saturated heterocycles. The zero-order valence-corrected chi connectivity index (χ0v) is 12.3. The maximum absolute atomic E-state index is 11.8. The van der Waals surface area contributed by atoms with Gasteiger partial charge in [0.15, 0.2) is 5.78 Å². The first kappa shape index (κ1) is 15.7. The summed E-state index contributed by atoms with van der Waals surface area (Å²) < 4.78 is 0. The zero-order valence-electron chi connectivity index (χ0n) is 12.3. The Labute approximate surface area is 124 Å². The van der Waals surface area contributed by atoms with Crippen molar-refractivity contribution in [2.75, 3.05) is 19.6 Å². The minimum Gasteiger partial charge on any atom is -0.335 e. The van der Waals surface area contributed by atoms with Crippen LogP contribution in [0, 0.1) is 0 Å². The molecule has 0 radical (unpaired) electrons. The maximum atomic E-state index is 11.8. The first-order valence-electron chi connectivity index (χ1n) is 7.70. The van der Waals surface area contributed by atoms with Crippen LogP contribution >= 0.6 is 0 Å². The number of imide groups is 1. The number of Topliss-reactive ketones (excluding diaryl/α,β-unsaturated/α-hetero) is 1. The Bertz CT molecular complexity index is 431. The lowest BCUT2D eigenvalue weighted by Crippen LogP contribution is -2.31. The van der Waals surface area contributed by atoms with Gasteiger partial charge in [-0.15, -0.1) is 0 Å². The molecule has 0 atom stereocenters. The first-order valence-corrected chi connectivity index (χ1v) is 7.70. The van der Waals surface area contributed by atoms with Gasteiger partial charge in [0.1, 0.15) is 0 Å². The molecular weight excluding hydrogens is 272 g/mol. The van der Waals surface area contributed by atoms with E-state index in [0.717, 1.165) is 25.7 Å². The number of nitrogens with zero attached hydrogens (tertiary/aromatic N) is 2. The standard InChI is InChI=1S/C15H22N2O4/c18-12(11-16-9-4-6-13(16)19)5-2-1-3-10-17-14(20)7-8-15(17)21/h1-11H2. The lowest BCUT2D eigenvalue weighted by atomic mass is 10.1. The summed E-state index contributed by atoms with van der Waals surface area (Å²) in [6, 6.07) is 0. The van der Waals surface area contributed by atoms with Crippen LogP contribution in [-0.2, 0) is 19.2 Å². The zero-order chi connectivity index (χ0) is 15.2. The molecule has 0 saturated carbocycles. The quantitative estimate of drug-likeness (QED) is 0.492. The molecule has 21 heavy (non-hydrogen) atoms. The second-order valence-corrected chi connectivity index (χ2v) is 5.71. The largest absolute Gasteiger partial charge is 0.335 e. The van der Waals surface area contributed by atoms with Gasteiger partial charge in [-0.1, -0.05) is 6.42 Å². The fourth-order valence-corrected chi connectivity index (χ4v) is 2.80. The number of rotatable bonds is 8. The summed E-state index contributed by atoms with van der Waals surface area (Å²) in [5, 5.41) is 0. The Morgan fingerprint density at radius 1 is 0.905 bits per heavy atom. The van der Waals surface area contributed by atoms with E-state index in [2.05, 4.69) is 0 Å². The molecule has 2 heterocycles. The number of amides is 3. The highest BCUT2D eigenvalue weighted by Gasteiger charge is 2.27. The minimum atomic E-state index is -0.0800. The van der Waals surface area contributed by atoms with E-state index in [4.69, 9.17) is 0 Å². The van der Waals surface area contributed by atoms with E-state index in [1.807, 2.05) is 0 Å². The van der Waals surface area contributed by atoms with Gasteiger partial charge in [0.05, 0.1) is 6.54 Å². The van der Waals surface area contributed by atoms with Crippen molar-refractivity contribution in [1.82, 2.24) is 9.80 Å². The van der Waals surface area contributed by atoms with Crippen molar-refractivity contribution in [3.63, 3.8) is 0 Å². The Hall–Kier alpha value is -1.72. The molecule has 0 N–H and O–H groups in total. The van der Waals surface area contributed by atoms with Crippen molar-refractivity contribution in [3.8, 4) is 0 Å². The topological polar surface area (TPSA) is 74.8 Å². The number of hydrogen-bond acceptors (Lipinski definition) is 4. The molecule has 0 bridgehead atoms. The second kappa shape index (κ2) is 7.33. The van der Waals surface area contributed by atoms with Crippen LogP contribution in [0.25, 0.3) is 0 Å². The fourth-order valence-electron chi connectivity index (χ4n) is 2.80. The van der Waals surface area contributed by atoms with Gasteiger partial charge < -0.3 is 4.90 Å². The SMILES string of the molecule is O=C(CCCCCN1C(=O)CCC1=O)CN1CCCC1=O. The summed E-state index contributed by atoms with van der Waals surface area (Å²) in [4.78, 5) is 48.9. The van der Waals surface area contributed by atoms with E-state index < -0.39 is 0 Å². The lowest BCUT2D eigenvalue weighted by Gasteiger charge is -2.14. The third kappa shape index (κ3) is 4.37. The van der Waals surface area contributed by atoms with E-state index in [9.17, 15) is 19.2 Å². The van der Waals surface area contributed by atoms with Crippen LogP contribution < -0.4 is 0 Å².